The standard InChI is InChI=1S/C18H22O3/c1-13(2)14(3)11-21-18(19)12-20-17-9-8-15-6-4-5-7-16(15)10-17/h4-10,13-14H,11-12H2,1-3H3. The molecule has 0 radical (unpaired) electrons. The highest BCUT2D eigenvalue weighted by molar-refractivity contribution is 5.83. The maximum atomic E-state index is 11.7. The molecule has 2 aromatic carbocycles. The van der Waals surface area contributed by atoms with E-state index >= 15 is 0 Å². The van der Waals surface area contributed by atoms with Gasteiger partial charge in [-0.3, -0.25) is 0 Å². The summed E-state index contributed by atoms with van der Waals surface area (Å²) in [6.45, 7) is 6.69. The molecule has 3 nitrogen and oxygen atoms in total. The van der Waals surface area contributed by atoms with Gasteiger partial charge in [0.1, 0.15) is 5.75 Å². The van der Waals surface area contributed by atoms with Crippen LogP contribution in [0.1, 0.15) is 20.8 Å². The number of esters is 1. The van der Waals surface area contributed by atoms with Crippen LogP contribution in [0.2, 0.25) is 0 Å². The molecule has 2 aromatic rings. The highest BCUT2D eigenvalue weighted by atomic mass is 16.6. The lowest BCUT2D eigenvalue weighted by molar-refractivity contribution is -0.147. The molecule has 2 rings (SSSR count). The number of benzene rings is 2. The van der Waals surface area contributed by atoms with E-state index in [9.17, 15) is 4.79 Å². The number of rotatable bonds is 6. The van der Waals surface area contributed by atoms with E-state index in [0.29, 0.717) is 24.2 Å². The van der Waals surface area contributed by atoms with Crippen LogP contribution < -0.4 is 4.74 Å². The van der Waals surface area contributed by atoms with Crippen molar-refractivity contribution in [3.8, 4) is 5.75 Å². The van der Waals surface area contributed by atoms with Gasteiger partial charge in [-0.15, -0.1) is 0 Å². The Kier molecular flexibility index (Phi) is 5.20. The van der Waals surface area contributed by atoms with Gasteiger partial charge in [0.15, 0.2) is 6.61 Å². The zero-order chi connectivity index (χ0) is 15.2. The van der Waals surface area contributed by atoms with E-state index in [1.54, 1.807) is 0 Å². The third kappa shape index (κ3) is 4.48. The van der Waals surface area contributed by atoms with Crippen molar-refractivity contribution in [1.82, 2.24) is 0 Å². The minimum absolute atomic E-state index is 0.0524. The Bertz CT molecular complexity index is 604. The van der Waals surface area contributed by atoms with E-state index in [2.05, 4.69) is 20.8 Å². The Morgan fingerprint density at radius 3 is 2.48 bits per heavy atom. The van der Waals surface area contributed by atoms with Gasteiger partial charge in [-0.1, -0.05) is 51.1 Å². The van der Waals surface area contributed by atoms with Gasteiger partial charge in [-0.2, -0.15) is 0 Å². The molecule has 0 saturated carbocycles. The topological polar surface area (TPSA) is 35.5 Å². The SMILES string of the molecule is CC(C)C(C)COC(=O)COc1ccc2ccccc2c1. The zero-order valence-electron chi connectivity index (χ0n) is 12.8. The molecular formula is C18H22O3. The monoisotopic (exact) mass is 286 g/mol. The molecule has 1 atom stereocenters. The van der Waals surface area contributed by atoms with Crippen molar-refractivity contribution in [1.29, 1.82) is 0 Å². The van der Waals surface area contributed by atoms with Crippen LogP contribution in [0.4, 0.5) is 0 Å². The molecule has 3 heteroatoms. The molecule has 0 amide bonds. The molecule has 0 aliphatic heterocycles. The van der Waals surface area contributed by atoms with E-state index in [-0.39, 0.29) is 12.6 Å². The van der Waals surface area contributed by atoms with Crippen molar-refractivity contribution in [2.24, 2.45) is 11.8 Å². The maximum Gasteiger partial charge on any atom is 0.344 e. The van der Waals surface area contributed by atoms with Crippen molar-refractivity contribution in [2.75, 3.05) is 13.2 Å². The Labute approximate surface area is 125 Å². The average molecular weight is 286 g/mol. The minimum Gasteiger partial charge on any atom is -0.482 e. The summed E-state index contributed by atoms with van der Waals surface area (Å²) in [4.78, 5) is 11.7. The molecule has 112 valence electrons. The summed E-state index contributed by atoms with van der Waals surface area (Å²) in [6, 6.07) is 13.8. The summed E-state index contributed by atoms with van der Waals surface area (Å²) in [5, 5.41) is 2.25. The van der Waals surface area contributed by atoms with Crippen molar-refractivity contribution >= 4 is 16.7 Å². The van der Waals surface area contributed by atoms with Gasteiger partial charge in [-0.05, 0) is 34.7 Å². The van der Waals surface area contributed by atoms with Crippen LogP contribution in [0.25, 0.3) is 10.8 Å². The van der Waals surface area contributed by atoms with E-state index < -0.39 is 0 Å². The lowest BCUT2D eigenvalue weighted by atomic mass is 9.99. The summed E-state index contributed by atoms with van der Waals surface area (Å²) in [5.41, 5.74) is 0. The first kappa shape index (κ1) is 15.4. The van der Waals surface area contributed by atoms with Gasteiger partial charge in [0.25, 0.3) is 0 Å². The molecular weight excluding hydrogens is 264 g/mol. The van der Waals surface area contributed by atoms with Crippen molar-refractivity contribution in [2.45, 2.75) is 20.8 Å². The average Bonchev–Trinajstić information content (AvgIpc) is 2.50. The first-order chi connectivity index (χ1) is 10.1. The Hall–Kier alpha value is -2.03. The van der Waals surface area contributed by atoms with Crippen molar-refractivity contribution < 1.29 is 14.3 Å². The molecule has 0 N–H and O–H groups in total. The third-order valence-corrected chi connectivity index (χ3v) is 3.72. The van der Waals surface area contributed by atoms with E-state index in [0.717, 1.165) is 10.8 Å². The van der Waals surface area contributed by atoms with Crippen LogP contribution in [0.15, 0.2) is 42.5 Å². The quantitative estimate of drug-likeness (QED) is 0.751. The Morgan fingerprint density at radius 2 is 1.76 bits per heavy atom. The molecule has 1 unspecified atom stereocenters. The van der Waals surface area contributed by atoms with Crippen LogP contribution in [0.3, 0.4) is 0 Å². The summed E-state index contributed by atoms with van der Waals surface area (Å²) < 4.78 is 10.7. The first-order valence-electron chi connectivity index (χ1n) is 7.33. The first-order valence-corrected chi connectivity index (χ1v) is 7.33. The maximum absolute atomic E-state index is 11.7. The number of carbonyl (C=O) groups is 1. The fraction of sp³-hybridized carbons (Fsp3) is 0.389. The number of hydrogen-bond acceptors (Lipinski definition) is 3. The van der Waals surface area contributed by atoms with Gasteiger partial charge >= 0.3 is 5.97 Å². The van der Waals surface area contributed by atoms with Crippen molar-refractivity contribution in [3.63, 3.8) is 0 Å². The predicted octanol–water partition coefficient (Wildman–Crippen LogP) is 4.05. The van der Waals surface area contributed by atoms with E-state index in [1.165, 1.54) is 0 Å². The number of hydrogen-bond donors (Lipinski definition) is 0. The molecule has 0 spiro atoms. The highest BCUT2D eigenvalue weighted by Crippen LogP contribution is 2.20. The third-order valence-electron chi connectivity index (χ3n) is 3.72. The second-order valence-electron chi connectivity index (χ2n) is 5.70. The normalized spacial score (nSPS) is 12.4. The molecule has 21 heavy (non-hydrogen) atoms. The second-order valence-corrected chi connectivity index (χ2v) is 5.70. The lowest BCUT2D eigenvalue weighted by Crippen LogP contribution is -2.20. The lowest BCUT2D eigenvalue weighted by Gasteiger charge is -2.15. The highest BCUT2D eigenvalue weighted by Gasteiger charge is 2.11. The summed E-state index contributed by atoms with van der Waals surface area (Å²) in [7, 11) is 0. The van der Waals surface area contributed by atoms with Crippen LogP contribution in [0, 0.1) is 11.8 Å². The summed E-state index contributed by atoms with van der Waals surface area (Å²) in [6.07, 6.45) is 0. The van der Waals surface area contributed by atoms with Gasteiger partial charge in [0.2, 0.25) is 0 Å². The van der Waals surface area contributed by atoms with Crippen LogP contribution in [-0.2, 0) is 9.53 Å². The predicted molar refractivity (Wildman–Crippen MR) is 84.4 cm³/mol. The van der Waals surface area contributed by atoms with E-state index in [4.69, 9.17) is 9.47 Å². The van der Waals surface area contributed by atoms with Crippen molar-refractivity contribution in [3.05, 3.63) is 42.5 Å². The Balaban J connectivity index is 1.85. The molecule has 0 bridgehead atoms. The Morgan fingerprint density at radius 1 is 1.05 bits per heavy atom. The second kappa shape index (κ2) is 7.11. The smallest absolute Gasteiger partial charge is 0.344 e. The number of carbonyl (C=O) groups excluding carboxylic acids is 1. The van der Waals surface area contributed by atoms with Gasteiger partial charge in [0.05, 0.1) is 6.61 Å². The number of fused-ring (bicyclic) bond motifs is 1. The van der Waals surface area contributed by atoms with Gasteiger partial charge < -0.3 is 9.47 Å². The zero-order valence-corrected chi connectivity index (χ0v) is 12.8. The van der Waals surface area contributed by atoms with E-state index in [1.807, 2.05) is 42.5 Å². The largest absolute Gasteiger partial charge is 0.482 e. The van der Waals surface area contributed by atoms with Crippen LogP contribution in [0.5, 0.6) is 5.75 Å². The fourth-order valence-electron chi connectivity index (χ4n) is 1.86. The summed E-state index contributed by atoms with van der Waals surface area (Å²) in [5.74, 6) is 1.21. The summed E-state index contributed by atoms with van der Waals surface area (Å²) >= 11 is 0. The molecule has 0 aliphatic rings. The van der Waals surface area contributed by atoms with Gasteiger partial charge in [0, 0.05) is 0 Å². The van der Waals surface area contributed by atoms with Gasteiger partial charge in [-0.25, -0.2) is 4.79 Å². The van der Waals surface area contributed by atoms with Crippen LogP contribution in [-0.4, -0.2) is 19.2 Å². The molecule has 0 fully saturated rings. The molecule has 0 aromatic heterocycles. The number of ether oxygens (including phenoxy) is 2. The van der Waals surface area contributed by atoms with Crippen LogP contribution >= 0.6 is 0 Å². The molecule has 0 aliphatic carbocycles. The minimum atomic E-state index is -0.323. The fourth-order valence-corrected chi connectivity index (χ4v) is 1.86. The molecule has 0 heterocycles. The molecule has 0 saturated heterocycles.